The normalized spacial score (nSPS) is 12.7. The predicted molar refractivity (Wildman–Crippen MR) is 58.0 cm³/mol. The van der Waals surface area contributed by atoms with E-state index in [1.807, 2.05) is 12.1 Å². The molecule has 0 radical (unpaired) electrons. The molecule has 72 valence electrons. The average molecular weight is 252 g/mol. The summed E-state index contributed by atoms with van der Waals surface area (Å²) in [5.41, 5.74) is 1.20. The summed E-state index contributed by atoms with van der Waals surface area (Å²) < 4.78 is 1.09. The van der Waals surface area contributed by atoms with Gasteiger partial charge in [0.1, 0.15) is 0 Å². The lowest BCUT2D eigenvalue weighted by molar-refractivity contribution is 0.493. The molecule has 1 heterocycles. The highest BCUT2D eigenvalue weighted by atomic mass is 79.9. The third kappa shape index (κ3) is 1.85. The number of benzene rings is 1. The standard InChI is InChI=1S/C10H10BrN3/c1-8(14-12-6-7-13-14)9-2-4-10(11)5-3-9/h2-8H,1H3. The first kappa shape index (κ1) is 9.40. The molecule has 0 aliphatic heterocycles. The SMILES string of the molecule is CC(c1ccc(Br)cc1)n1nccn1. The van der Waals surface area contributed by atoms with Gasteiger partial charge in [0.05, 0.1) is 18.4 Å². The van der Waals surface area contributed by atoms with Crippen molar-refractivity contribution in [2.45, 2.75) is 13.0 Å². The van der Waals surface area contributed by atoms with Gasteiger partial charge in [-0.05, 0) is 24.6 Å². The Morgan fingerprint density at radius 3 is 2.29 bits per heavy atom. The van der Waals surface area contributed by atoms with Crippen LogP contribution in [0.5, 0.6) is 0 Å². The molecule has 0 N–H and O–H groups in total. The van der Waals surface area contributed by atoms with E-state index in [0.717, 1.165) is 4.47 Å². The fraction of sp³-hybridized carbons (Fsp3) is 0.200. The highest BCUT2D eigenvalue weighted by molar-refractivity contribution is 9.10. The average Bonchev–Trinajstić information content (AvgIpc) is 2.71. The van der Waals surface area contributed by atoms with Crippen LogP contribution in [0.25, 0.3) is 0 Å². The fourth-order valence-corrected chi connectivity index (χ4v) is 1.57. The van der Waals surface area contributed by atoms with Crippen LogP contribution in [0.1, 0.15) is 18.5 Å². The number of rotatable bonds is 2. The van der Waals surface area contributed by atoms with Crippen LogP contribution < -0.4 is 0 Å². The minimum absolute atomic E-state index is 0.179. The summed E-state index contributed by atoms with van der Waals surface area (Å²) in [7, 11) is 0. The number of aromatic nitrogens is 3. The first-order valence-electron chi connectivity index (χ1n) is 4.38. The van der Waals surface area contributed by atoms with Gasteiger partial charge >= 0.3 is 0 Å². The van der Waals surface area contributed by atoms with Gasteiger partial charge < -0.3 is 0 Å². The molecule has 3 nitrogen and oxygen atoms in total. The van der Waals surface area contributed by atoms with Crippen molar-refractivity contribution in [3.8, 4) is 0 Å². The highest BCUT2D eigenvalue weighted by Gasteiger charge is 2.07. The van der Waals surface area contributed by atoms with Crippen LogP contribution in [-0.4, -0.2) is 15.0 Å². The summed E-state index contributed by atoms with van der Waals surface area (Å²) in [6.45, 7) is 2.07. The maximum Gasteiger partial charge on any atom is 0.0937 e. The molecule has 0 bridgehead atoms. The van der Waals surface area contributed by atoms with Gasteiger partial charge in [0.2, 0.25) is 0 Å². The lowest BCUT2D eigenvalue weighted by Gasteiger charge is -2.10. The van der Waals surface area contributed by atoms with Gasteiger partial charge in [-0.25, -0.2) is 0 Å². The van der Waals surface area contributed by atoms with Crippen molar-refractivity contribution in [2.75, 3.05) is 0 Å². The van der Waals surface area contributed by atoms with Crippen molar-refractivity contribution < 1.29 is 0 Å². The molecule has 4 heteroatoms. The van der Waals surface area contributed by atoms with E-state index >= 15 is 0 Å². The number of nitrogens with zero attached hydrogens (tertiary/aromatic N) is 3. The fourth-order valence-electron chi connectivity index (χ4n) is 1.30. The molecule has 2 rings (SSSR count). The third-order valence-corrected chi connectivity index (χ3v) is 2.66. The second-order valence-electron chi connectivity index (χ2n) is 3.08. The largest absolute Gasteiger partial charge is 0.178 e. The minimum atomic E-state index is 0.179. The summed E-state index contributed by atoms with van der Waals surface area (Å²) in [6.07, 6.45) is 3.38. The van der Waals surface area contributed by atoms with Crippen molar-refractivity contribution in [3.63, 3.8) is 0 Å². The maximum atomic E-state index is 4.11. The molecule has 1 atom stereocenters. The van der Waals surface area contributed by atoms with Gasteiger partial charge in [-0.2, -0.15) is 15.0 Å². The zero-order valence-corrected chi connectivity index (χ0v) is 9.35. The monoisotopic (exact) mass is 251 g/mol. The Bertz CT molecular complexity index is 394. The summed E-state index contributed by atoms with van der Waals surface area (Å²) in [5, 5.41) is 8.22. The van der Waals surface area contributed by atoms with Crippen LogP contribution in [0.3, 0.4) is 0 Å². The molecule has 0 fully saturated rings. The summed E-state index contributed by atoms with van der Waals surface area (Å²) >= 11 is 3.41. The van der Waals surface area contributed by atoms with Crippen molar-refractivity contribution in [3.05, 3.63) is 46.7 Å². The number of halogens is 1. The van der Waals surface area contributed by atoms with E-state index in [1.54, 1.807) is 17.2 Å². The zero-order valence-electron chi connectivity index (χ0n) is 7.76. The van der Waals surface area contributed by atoms with Crippen LogP contribution in [0, 0.1) is 0 Å². The molecular formula is C10H10BrN3. The molecule has 0 saturated heterocycles. The molecule has 0 aliphatic rings. The number of hydrogen-bond acceptors (Lipinski definition) is 2. The smallest absolute Gasteiger partial charge is 0.0937 e. The highest BCUT2D eigenvalue weighted by Crippen LogP contribution is 2.18. The van der Waals surface area contributed by atoms with Crippen molar-refractivity contribution in [2.24, 2.45) is 0 Å². The first-order chi connectivity index (χ1) is 6.77. The Hall–Kier alpha value is -1.16. The van der Waals surface area contributed by atoms with Crippen molar-refractivity contribution in [1.29, 1.82) is 0 Å². The molecule has 2 aromatic rings. The molecule has 1 aromatic heterocycles. The predicted octanol–water partition coefficient (Wildman–Crippen LogP) is 2.65. The molecule has 0 saturated carbocycles. The lowest BCUT2D eigenvalue weighted by Crippen LogP contribution is -2.09. The zero-order chi connectivity index (χ0) is 9.97. The van der Waals surface area contributed by atoms with E-state index in [9.17, 15) is 0 Å². The van der Waals surface area contributed by atoms with E-state index in [2.05, 4.69) is 45.2 Å². The third-order valence-electron chi connectivity index (χ3n) is 2.14. The van der Waals surface area contributed by atoms with E-state index in [4.69, 9.17) is 0 Å². The molecule has 0 spiro atoms. The Morgan fingerprint density at radius 2 is 1.71 bits per heavy atom. The lowest BCUT2D eigenvalue weighted by atomic mass is 10.1. The topological polar surface area (TPSA) is 30.7 Å². The van der Waals surface area contributed by atoms with E-state index in [0.29, 0.717) is 0 Å². The first-order valence-corrected chi connectivity index (χ1v) is 5.18. The van der Waals surface area contributed by atoms with E-state index in [1.165, 1.54) is 5.56 Å². The molecule has 14 heavy (non-hydrogen) atoms. The number of hydrogen-bond donors (Lipinski definition) is 0. The second kappa shape index (κ2) is 3.92. The Morgan fingerprint density at radius 1 is 1.14 bits per heavy atom. The summed E-state index contributed by atoms with van der Waals surface area (Å²) in [5.74, 6) is 0. The van der Waals surface area contributed by atoms with E-state index < -0.39 is 0 Å². The van der Waals surface area contributed by atoms with Crippen LogP contribution in [0.15, 0.2) is 41.1 Å². The minimum Gasteiger partial charge on any atom is -0.178 e. The molecule has 0 aliphatic carbocycles. The molecule has 0 amide bonds. The summed E-state index contributed by atoms with van der Waals surface area (Å²) in [4.78, 5) is 1.70. The van der Waals surface area contributed by atoms with Crippen molar-refractivity contribution >= 4 is 15.9 Å². The van der Waals surface area contributed by atoms with Gasteiger partial charge in [-0.15, -0.1) is 0 Å². The van der Waals surface area contributed by atoms with E-state index in [-0.39, 0.29) is 6.04 Å². The van der Waals surface area contributed by atoms with Crippen LogP contribution >= 0.6 is 15.9 Å². The molecule has 1 unspecified atom stereocenters. The summed E-state index contributed by atoms with van der Waals surface area (Å²) in [6, 6.07) is 8.36. The van der Waals surface area contributed by atoms with Crippen LogP contribution in [-0.2, 0) is 0 Å². The Balaban J connectivity index is 2.28. The Kier molecular flexibility index (Phi) is 2.63. The van der Waals surface area contributed by atoms with Crippen molar-refractivity contribution in [1.82, 2.24) is 15.0 Å². The van der Waals surface area contributed by atoms with Gasteiger partial charge in [-0.1, -0.05) is 28.1 Å². The Labute approximate surface area is 90.9 Å². The second-order valence-corrected chi connectivity index (χ2v) is 3.99. The van der Waals surface area contributed by atoms with Gasteiger partial charge in [0.15, 0.2) is 0 Å². The quantitative estimate of drug-likeness (QED) is 0.822. The molecular weight excluding hydrogens is 242 g/mol. The van der Waals surface area contributed by atoms with Gasteiger partial charge in [-0.3, -0.25) is 0 Å². The van der Waals surface area contributed by atoms with Crippen LogP contribution in [0.2, 0.25) is 0 Å². The van der Waals surface area contributed by atoms with Crippen LogP contribution in [0.4, 0.5) is 0 Å². The maximum absolute atomic E-state index is 4.11. The van der Waals surface area contributed by atoms with Gasteiger partial charge in [0.25, 0.3) is 0 Å². The molecule has 1 aromatic carbocycles. The van der Waals surface area contributed by atoms with Gasteiger partial charge in [0, 0.05) is 4.47 Å².